The molecule has 0 bridgehead atoms. The first-order valence-electron chi connectivity index (χ1n) is 7.26. The van der Waals surface area contributed by atoms with E-state index in [9.17, 15) is 4.79 Å². The van der Waals surface area contributed by atoms with Crippen molar-refractivity contribution in [3.8, 4) is 0 Å². The molecule has 0 saturated carbocycles. The summed E-state index contributed by atoms with van der Waals surface area (Å²) in [7, 11) is 0. The molecule has 0 N–H and O–H groups in total. The van der Waals surface area contributed by atoms with Gasteiger partial charge in [0.2, 0.25) is 0 Å². The number of ketones is 1. The normalized spacial score (nSPS) is 15.1. The van der Waals surface area contributed by atoms with E-state index in [1.165, 1.54) is 5.69 Å². The lowest BCUT2D eigenvalue weighted by Crippen LogP contribution is -2.46. The molecule has 1 aliphatic heterocycles. The van der Waals surface area contributed by atoms with Crippen LogP contribution in [-0.4, -0.2) is 36.9 Å². The molecule has 0 aliphatic carbocycles. The van der Waals surface area contributed by atoms with Gasteiger partial charge in [0.05, 0.1) is 0 Å². The smallest absolute Gasteiger partial charge is 0.161 e. The van der Waals surface area contributed by atoms with E-state index >= 15 is 0 Å². The topological polar surface area (TPSA) is 36.4 Å². The molecule has 1 fully saturated rings. The van der Waals surface area contributed by atoms with Crippen molar-refractivity contribution in [3.05, 3.63) is 54.2 Å². The number of anilines is 2. The molecule has 1 saturated heterocycles. The summed E-state index contributed by atoms with van der Waals surface area (Å²) < 4.78 is 0. The average molecular weight is 281 g/mol. The van der Waals surface area contributed by atoms with E-state index in [1.54, 1.807) is 13.1 Å². The van der Waals surface area contributed by atoms with E-state index in [0.29, 0.717) is 5.56 Å². The fourth-order valence-electron chi connectivity index (χ4n) is 2.61. The fraction of sp³-hybridized carbons (Fsp3) is 0.294. The van der Waals surface area contributed by atoms with Crippen LogP contribution in [0.4, 0.5) is 11.5 Å². The SMILES string of the molecule is CC(=O)c1ccc(N2CCN(c3ccccc3)CC2)nc1. The van der Waals surface area contributed by atoms with Crippen LogP contribution in [0.1, 0.15) is 17.3 Å². The lowest BCUT2D eigenvalue weighted by molar-refractivity contribution is 0.101. The van der Waals surface area contributed by atoms with Crippen LogP contribution in [0, 0.1) is 0 Å². The Bertz CT molecular complexity index is 602. The van der Waals surface area contributed by atoms with Crippen LogP contribution in [0.25, 0.3) is 0 Å². The Hall–Kier alpha value is -2.36. The second kappa shape index (κ2) is 5.95. The summed E-state index contributed by atoms with van der Waals surface area (Å²) in [5.74, 6) is 1.01. The number of nitrogens with zero attached hydrogens (tertiary/aromatic N) is 3. The monoisotopic (exact) mass is 281 g/mol. The van der Waals surface area contributed by atoms with Gasteiger partial charge in [-0.2, -0.15) is 0 Å². The molecule has 3 rings (SSSR count). The number of rotatable bonds is 3. The first-order chi connectivity index (χ1) is 10.2. The van der Waals surface area contributed by atoms with Gasteiger partial charge < -0.3 is 9.80 Å². The summed E-state index contributed by atoms with van der Waals surface area (Å²) in [6.45, 7) is 5.43. The van der Waals surface area contributed by atoms with Gasteiger partial charge in [-0.3, -0.25) is 4.79 Å². The number of hydrogen-bond donors (Lipinski definition) is 0. The first kappa shape index (κ1) is 13.6. The van der Waals surface area contributed by atoms with Crippen LogP contribution < -0.4 is 9.80 Å². The van der Waals surface area contributed by atoms with Crippen LogP contribution in [0.15, 0.2) is 48.7 Å². The van der Waals surface area contributed by atoms with Crippen LogP contribution in [0.2, 0.25) is 0 Å². The minimum absolute atomic E-state index is 0.0583. The Morgan fingerprint density at radius 1 is 0.952 bits per heavy atom. The van der Waals surface area contributed by atoms with Crippen LogP contribution in [0.5, 0.6) is 0 Å². The average Bonchev–Trinajstić information content (AvgIpc) is 2.56. The van der Waals surface area contributed by atoms with Gasteiger partial charge >= 0.3 is 0 Å². The maximum Gasteiger partial charge on any atom is 0.161 e. The van der Waals surface area contributed by atoms with Gasteiger partial charge in [0.25, 0.3) is 0 Å². The third kappa shape index (κ3) is 3.05. The molecule has 0 amide bonds. The zero-order valence-electron chi connectivity index (χ0n) is 12.2. The Morgan fingerprint density at radius 3 is 2.19 bits per heavy atom. The van der Waals surface area contributed by atoms with Crippen molar-refractivity contribution in [3.63, 3.8) is 0 Å². The first-order valence-corrected chi connectivity index (χ1v) is 7.26. The van der Waals surface area contributed by atoms with Gasteiger partial charge in [-0.1, -0.05) is 18.2 Å². The number of aromatic nitrogens is 1. The molecule has 1 aromatic heterocycles. The Morgan fingerprint density at radius 2 is 1.62 bits per heavy atom. The number of Topliss-reactive ketones (excluding diaryl/α,β-unsaturated/α-hetero) is 1. The minimum atomic E-state index is 0.0583. The third-order valence-electron chi connectivity index (χ3n) is 3.88. The molecule has 0 atom stereocenters. The van der Waals surface area contributed by atoms with E-state index in [2.05, 4.69) is 39.0 Å². The minimum Gasteiger partial charge on any atom is -0.368 e. The quantitative estimate of drug-likeness (QED) is 0.810. The molecule has 4 nitrogen and oxygen atoms in total. The van der Waals surface area contributed by atoms with Gasteiger partial charge in [0.15, 0.2) is 5.78 Å². The van der Waals surface area contributed by atoms with Crippen molar-refractivity contribution in [2.75, 3.05) is 36.0 Å². The highest BCUT2D eigenvalue weighted by Gasteiger charge is 2.18. The summed E-state index contributed by atoms with van der Waals surface area (Å²) >= 11 is 0. The number of carbonyl (C=O) groups is 1. The summed E-state index contributed by atoms with van der Waals surface area (Å²) in [5, 5.41) is 0. The number of benzene rings is 1. The predicted molar refractivity (Wildman–Crippen MR) is 85.1 cm³/mol. The van der Waals surface area contributed by atoms with Crippen molar-refractivity contribution < 1.29 is 4.79 Å². The molecule has 1 aromatic carbocycles. The number of piperazine rings is 1. The Kier molecular flexibility index (Phi) is 3.86. The van der Waals surface area contributed by atoms with Gasteiger partial charge in [0.1, 0.15) is 5.82 Å². The highest BCUT2D eigenvalue weighted by molar-refractivity contribution is 5.93. The number of carbonyl (C=O) groups excluding carboxylic acids is 1. The van der Waals surface area contributed by atoms with E-state index in [0.717, 1.165) is 32.0 Å². The number of hydrogen-bond acceptors (Lipinski definition) is 4. The third-order valence-corrected chi connectivity index (χ3v) is 3.88. The van der Waals surface area contributed by atoms with E-state index < -0.39 is 0 Å². The van der Waals surface area contributed by atoms with E-state index in [-0.39, 0.29) is 5.78 Å². The van der Waals surface area contributed by atoms with Gasteiger partial charge in [-0.25, -0.2) is 4.98 Å². The maximum atomic E-state index is 11.3. The summed E-state index contributed by atoms with van der Waals surface area (Å²) in [4.78, 5) is 20.3. The van der Waals surface area contributed by atoms with Crippen molar-refractivity contribution >= 4 is 17.3 Å². The highest BCUT2D eigenvalue weighted by atomic mass is 16.1. The number of pyridine rings is 1. The molecule has 2 heterocycles. The van der Waals surface area contributed by atoms with Crippen LogP contribution >= 0.6 is 0 Å². The van der Waals surface area contributed by atoms with Gasteiger partial charge in [0, 0.05) is 43.6 Å². The molecule has 0 radical (unpaired) electrons. The molecule has 2 aromatic rings. The second-order valence-electron chi connectivity index (χ2n) is 5.27. The largest absolute Gasteiger partial charge is 0.368 e. The second-order valence-corrected chi connectivity index (χ2v) is 5.27. The molecule has 0 spiro atoms. The molecular weight excluding hydrogens is 262 g/mol. The number of para-hydroxylation sites is 1. The fourth-order valence-corrected chi connectivity index (χ4v) is 2.61. The lowest BCUT2D eigenvalue weighted by atomic mass is 10.2. The van der Waals surface area contributed by atoms with E-state index in [1.807, 2.05) is 18.2 Å². The molecular formula is C17H19N3O. The lowest BCUT2D eigenvalue weighted by Gasteiger charge is -2.36. The standard InChI is InChI=1S/C17H19N3O/c1-14(21)15-7-8-17(18-13-15)20-11-9-19(10-12-20)16-5-3-2-4-6-16/h2-8,13H,9-12H2,1H3. The molecule has 21 heavy (non-hydrogen) atoms. The molecule has 1 aliphatic rings. The maximum absolute atomic E-state index is 11.3. The summed E-state index contributed by atoms with van der Waals surface area (Å²) in [6, 6.07) is 14.3. The summed E-state index contributed by atoms with van der Waals surface area (Å²) in [6.07, 6.45) is 1.67. The van der Waals surface area contributed by atoms with Crippen molar-refractivity contribution in [1.82, 2.24) is 4.98 Å². The highest BCUT2D eigenvalue weighted by Crippen LogP contribution is 2.19. The zero-order chi connectivity index (χ0) is 14.7. The van der Waals surface area contributed by atoms with Crippen molar-refractivity contribution in [1.29, 1.82) is 0 Å². The van der Waals surface area contributed by atoms with Crippen molar-refractivity contribution in [2.24, 2.45) is 0 Å². The Labute approximate surface area is 125 Å². The molecule has 108 valence electrons. The molecule has 0 unspecified atom stereocenters. The van der Waals surface area contributed by atoms with Crippen LogP contribution in [0.3, 0.4) is 0 Å². The predicted octanol–water partition coefficient (Wildman–Crippen LogP) is 2.61. The van der Waals surface area contributed by atoms with Gasteiger partial charge in [-0.15, -0.1) is 0 Å². The zero-order valence-corrected chi connectivity index (χ0v) is 12.2. The molecule has 4 heteroatoms. The van der Waals surface area contributed by atoms with E-state index in [4.69, 9.17) is 0 Å². The Balaban J connectivity index is 1.64. The van der Waals surface area contributed by atoms with Crippen molar-refractivity contribution in [2.45, 2.75) is 6.92 Å². The summed E-state index contributed by atoms with van der Waals surface area (Å²) in [5.41, 5.74) is 1.94. The van der Waals surface area contributed by atoms with Crippen LogP contribution in [-0.2, 0) is 0 Å². The van der Waals surface area contributed by atoms with Gasteiger partial charge in [-0.05, 0) is 31.2 Å².